The zero-order valence-electron chi connectivity index (χ0n) is 14.0. The molecule has 0 unspecified atom stereocenters. The number of benzene rings is 2. The standard InChI is InChI=1S/C11H10ClNO3.C9H8O/c12-10(14)6-13-9(7-16-11(13)15)8-4-2-1-3-5-8;10-8-4-7-9-5-2-1-3-6-9/h1-5,9H,6-7H2;1-8H/t9-;/m1./s1. The van der Waals surface area contributed by atoms with Gasteiger partial charge in [0.05, 0.1) is 12.6 Å². The van der Waals surface area contributed by atoms with Gasteiger partial charge >= 0.3 is 6.09 Å². The number of rotatable bonds is 5. The molecule has 0 aromatic heterocycles. The quantitative estimate of drug-likeness (QED) is 0.455. The first-order valence-electron chi connectivity index (χ1n) is 7.95. The van der Waals surface area contributed by atoms with Gasteiger partial charge in [-0.3, -0.25) is 14.5 Å². The highest BCUT2D eigenvalue weighted by molar-refractivity contribution is 6.64. The van der Waals surface area contributed by atoms with Gasteiger partial charge in [-0.1, -0.05) is 66.7 Å². The molecule has 1 saturated heterocycles. The molecule has 1 fully saturated rings. The first-order valence-corrected chi connectivity index (χ1v) is 8.33. The summed E-state index contributed by atoms with van der Waals surface area (Å²) in [7, 11) is 0. The number of amides is 1. The summed E-state index contributed by atoms with van der Waals surface area (Å²) in [6.45, 7) is 0.132. The average molecular weight is 372 g/mol. The van der Waals surface area contributed by atoms with E-state index >= 15 is 0 Å². The minimum atomic E-state index is -0.570. The van der Waals surface area contributed by atoms with E-state index in [4.69, 9.17) is 16.3 Å². The molecule has 0 aliphatic carbocycles. The van der Waals surface area contributed by atoms with Crippen molar-refractivity contribution in [2.45, 2.75) is 6.04 Å². The highest BCUT2D eigenvalue weighted by Gasteiger charge is 2.34. The number of carbonyl (C=O) groups excluding carboxylic acids is 3. The average Bonchev–Trinajstić information content (AvgIpc) is 3.02. The predicted molar refractivity (Wildman–Crippen MR) is 99.6 cm³/mol. The number of hydrogen-bond acceptors (Lipinski definition) is 4. The van der Waals surface area contributed by atoms with Crippen LogP contribution in [0.1, 0.15) is 17.2 Å². The lowest BCUT2D eigenvalue weighted by Gasteiger charge is -2.19. The van der Waals surface area contributed by atoms with E-state index in [1.807, 2.05) is 60.7 Å². The van der Waals surface area contributed by atoms with E-state index in [0.717, 1.165) is 17.4 Å². The lowest BCUT2D eigenvalue weighted by Crippen LogP contribution is -2.31. The molecule has 5 nitrogen and oxygen atoms in total. The van der Waals surface area contributed by atoms with Crippen LogP contribution in [0, 0.1) is 0 Å². The molecule has 0 bridgehead atoms. The summed E-state index contributed by atoms with van der Waals surface area (Å²) in [5.74, 6) is 0. The molecule has 1 atom stereocenters. The van der Waals surface area contributed by atoms with Gasteiger partial charge in [0.25, 0.3) is 0 Å². The van der Waals surface area contributed by atoms with Crippen molar-refractivity contribution in [1.82, 2.24) is 4.90 Å². The fourth-order valence-corrected chi connectivity index (χ4v) is 2.55. The van der Waals surface area contributed by atoms with Crippen LogP contribution in [0.5, 0.6) is 0 Å². The second kappa shape index (κ2) is 10.2. The maximum atomic E-state index is 11.4. The van der Waals surface area contributed by atoms with Gasteiger partial charge in [0.15, 0.2) is 0 Å². The number of carbonyl (C=O) groups is 3. The third-order valence-corrected chi connectivity index (χ3v) is 3.74. The molecule has 0 N–H and O–H groups in total. The highest BCUT2D eigenvalue weighted by atomic mass is 35.5. The molecule has 26 heavy (non-hydrogen) atoms. The number of aldehydes is 1. The second-order valence-corrected chi connectivity index (χ2v) is 5.81. The van der Waals surface area contributed by atoms with Gasteiger partial charge in [0, 0.05) is 0 Å². The van der Waals surface area contributed by atoms with Gasteiger partial charge in [-0.25, -0.2) is 4.79 Å². The van der Waals surface area contributed by atoms with Crippen molar-refractivity contribution >= 4 is 35.3 Å². The van der Waals surface area contributed by atoms with Crippen LogP contribution in [0.2, 0.25) is 0 Å². The third-order valence-electron chi connectivity index (χ3n) is 3.62. The molecule has 6 heteroatoms. The highest BCUT2D eigenvalue weighted by Crippen LogP contribution is 2.27. The zero-order valence-corrected chi connectivity index (χ0v) is 14.7. The van der Waals surface area contributed by atoms with Crippen molar-refractivity contribution in [2.24, 2.45) is 0 Å². The van der Waals surface area contributed by atoms with Crippen molar-refractivity contribution in [3.63, 3.8) is 0 Å². The second-order valence-electron chi connectivity index (χ2n) is 5.39. The van der Waals surface area contributed by atoms with Crippen molar-refractivity contribution in [1.29, 1.82) is 0 Å². The van der Waals surface area contributed by atoms with E-state index in [2.05, 4.69) is 0 Å². The monoisotopic (exact) mass is 371 g/mol. The van der Waals surface area contributed by atoms with Crippen LogP contribution in [0.25, 0.3) is 6.08 Å². The Hall–Kier alpha value is -2.92. The van der Waals surface area contributed by atoms with Crippen LogP contribution < -0.4 is 0 Å². The Balaban J connectivity index is 0.000000209. The van der Waals surface area contributed by atoms with Crippen LogP contribution in [0.4, 0.5) is 4.79 Å². The van der Waals surface area contributed by atoms with Crippen molar-refractivity contribution in [3.8, 4) is 0 Å². The third kappa shape index (κ3) is 5.86. The Morgan fingerprint density at radius 3 is 2.31 bits per heavy atom. The molecule has 0 saturated carbocycles. The molecule has 1 aliphatic heterocycles. The summed E-state index contributed by atoms with van der Waals surface area (Å²) < 4.78 is 4.91. The zero-order chi connectivity index (χ0) is 18.8. The van der Waals surface area contributed by atoms with E-state index in [0.29, 0.717) is 0 Å². The maximum absolute atomic E-state index is 11.4. The maximum Gasteiger partial charge on any atom is 0.410 e. The predicted octanol–water partition coefficient (Wildman–Crippen LogP) is 3.84. The van der Waals surface area contributed by atoms with Gasteiger partial charge in [-0.15, -0.1) is 0 Å². The summed E-state index contributed by atoms with van der Waals surface area (Å²) in [6, 6.07) is 18.9. The molecule has 1 heterocycles. The fraction of sp³-hybridized carbons (Fsp3) is 0.150. The Bertz CT molecular complexity index is 762. The Morgan fingerprint density at radius 2 is 1.73 bits per heavy atom. The van der Waals surface area contributed by atoms with Gasteiger partial charge in [-0.2, -0.15) is 0 Å². The van der Waals surface area contributed by atoms with Gasteiger partial charge in [0.1, 0.15) is 12.9 Å². The summed E-state index contributed by atoms with van der Waals surface area (Å²) in [5, 5.41) is -0.570. The number of hydrogen-bond donors (Lipinski definition) is 0. The van der Waals surface area contributed by atoms with Crippen LogP contribution in [0.3, 0.4) is 0 Å². The fourth-order valence-electron chi connectivity index (χ4n) is 2.42. The lowest BCUT2D eigenvalue weighted by atomic mass is 10.1. The van der Waals surface area contributed by atoms with Crippen molar-refractivity contribution < 1.29 is 19.1 Å². The molecule has 0 radical (unpaired) electrons. The number of allylic oxidation sites excluding steroid dienone is 1. The summed E-state index contributed by atoms with van der Waals surface area (Å²) >= 11 is 5.29. The van der Waals surface area contributed by atoms with Gasteiger partial charge < -0.3 is 4.74 Å². The number of cyclic esters (lactones) is 1. The molecule has 1 aliphatic rings. The lowest BCUT2D eigenvalue weighted by molar-refractivity contribution is -0.112. The summed E-state index contributed by atoms with van der Waals surface area (Å²) in [6.07, 6.45) is 3.53. The van der Waals surface area contributed by atoms with E-state index in [9.17, 15) is 14.4 Å². The topological polar surface area (TPSA) is 63.7 Å². The summed E-state index contributed by atoms with van der Waals surface area (Å²) in [4.78, 5) is 33.5. The van der Waals surface area contributed by atoms with E-state index in [1.54, 1.807) is 6.08 Å². The molecule has 134 valence electrons. The SMILES string of the molecule is O=C(Cl)CN1C(=O)OC[C@@H]1c1ccccc1.O=CC=Cc1ccccc1. The van der Waals surface area contributed by atoms with Crippen LogP contribution in [-0.4, -0.2) is 35.7 Å². The van der Waals surface area contributed by atoms with E-state index in [1.165, 1.54) is 11.0 Å². The normalized spacial score (nSPS) is 16.0. The van der Waals surface area contributed by atoms with Crippen molar-refractivity contribution in [3.05, 3.63) is 77.9 Å². The molecule has 0 spiro atoms. The van der Waals surface area contributed by atoms with Crippen LogP contribution in [0.15, 0.2) is 66.7 Å². The molecule has 2 aromatic rings. The summed E-state index contributed by atoms with van der Waals surface area (Å²) in [5.41, 5.74) is 1.99. The smallest absolute Gasteiger partial charge is 0.410 e. The van der Waals surface area contributed by atoms with E-state index in [-0.39, 0.29) is 19.2 Å². The Labute approximate surface area is 156 Å². The van der Waals surface area contributed by atoms with Crippen molar-refractivity contribution in [2.75, 3.05) is 13.2 Å². The largest absolute Gasteiger partial charge is 0.447 e. The van der Waals surface area contributed by atoms with Crippen LogP contribution in [-0.2, 0) is 14.3 Å². The number of ether oxygens (including phenoxy) is 1. The van der Waals surface area contributed by atoms with Gasteiger partial charge in [0.2, 0.25) is 5.24 Å². The first-order chi connectivity index (χ1) is 12.6. The van der Waals surface area contributed by atoms with E-state index < -0.39 is 11.3 Å². The Kier molecular flexibility index (Phi) is 7.58. The first kappa shape index (κ1) is 19.4. The number of nitrogens with zero attached hydrogens (tertiary/aromatic N) is 1. The number of halogens is 1. The molecule has 2 aromatic carbocycles. The minimum Gasteiger partial charge on any atom is -0.447 e. The molecular weight excluding hydrogens is 354 g/mol. The molecule has 3 rings (SSSR count). The van der Waals surface area contributed by atoms with Gasteiger partial charge in [-0.05, 0) is 28.8 Å². The molecular formula is C20H18ClNO4. The Morgan fingerprint density at radius 1 is 1.12 bits per heavy atom. The van der Waals surface area contributed by atoms with Crippen LogP contribution >= 0.6 is 11.6 Å². The molecule has 1 amide bonds. The minimum absolute atomic E-state index is 0.125.